The van der Waals surface area contributed by atoms with Gasteiger partial charge in [0.05, 0.1) is 4.90 Å². The maximum atomic E-state index is 12.1. The van der Waals surface area contributed by atoms with Crippen LogP contribution < -0.4 is 4.72 Å². The van der Waals surface area contributed by atoms with Crippen LogP contribution in [-0.2, 0) is 16.4 Å². The summed E-state index contributed by atoms with van der Waals surface area (Å²) in [5.41, 5.74) is 1.22. The SMILES string of the molecule is O=S(=O)(NCCCc1ccccc1)c1ccccc1Br. The lowest BCUT2D eigenvalue weighted by molar-refractivity contribution is 0.578. The van der Waals surface area contributed by atoms with Gasteiger partial charge in [0.15, 0.2) is 0 Å². The lowest BCUT2D eigenvalue weighted by Gasteiger charge is -2.08. The standard InChI is InChI=1S/C15H16BrNO2S/c16-14-10-4-5-11-15(14)20(18,19)17-12-6-9-13-7-2-1-3-8-13/h1-5,7-8,10-11,17H,6,9,12H2. The van der Waals surface area contributed by atoms with Gasteiger partial charge in [0, 0.05) is 11.0 Å². The minimum atomic E-state index is -3.44. The Morgan fingerprint density at radius 1 is 0.950 bits per heavy atom. The van der Waals surface area contributed by atoms with Crippen molar-refractivity contribution < 1.29 is 8.42 Å². The van der Waals surface area contributed by atoms with Crippen molar-refractivity contribution >= 4 is 26.0 Å². The zero-order valence-corrected chi connectivity index (χ0v) is 13.3. The Bertz CT molecular complexity index is 657. The van der Waals surface area contributed by atoms with E-state index in [4.69, 9.17) is 0 Å². The smallest absolute Gasteiger partial charge is 0.211 e. The lowest BCUT2D eigenvalue weighted by Crippen LogP contribution is -2.25. The molecule has 0 saturated heterocycles. The molecule has 0 spiro atoms. The van der Waals surface area contributed by atoms with E-state index in [9.17, 15) is 8.42 Å². The molecule has 20 heavy (non-hydrogen) atoms. The van der Waals surface area contributed by atoms with Crippen LogP contribution in [0.3, 0.4) is 0 Å². The number of nitrogens with one attached hydrogen (secondary N) is 1. The van der Waals surface area contributed by atoms with Crippen molar-refractivity contribution in [2.75, 3.05) is 6.54 Å². The first-order valence-electron chi connectivity index (χ1n) is 6.38. The predicted octanol–water partition coefficient (Wildman–Crippen LogP) is 3.36. The van der Waals surface area contributed by atoms with Gasteiger partial charge in [0.25, 0.3) is 0 Å². The summed E-state index contributed by atoms with van der Waals surface area (Å²) in [6.07, 6.45) is 1.63. The van der Waals surface area contributed by atoms with Gasteiger partial charge in [-0.05, 0) is 46.5 Å². The topological polar surface area (TPSA) is 46.2 Å². The fourth-order valence-corrected chi connectivity index (χ4v) is 3.96. The van der Waals surface area contributed by atoms with Crippen LogP contribution in [0.1, 0.15) is 12.0 Å². The van der Waals surface area contributed by atoms with Crippen molar-refractivity contribution in [3.63, 3.8) is 0 Å². The molecule has 2 rings (SSSR count). The largest absolute Gasteiger partial charge is 0.241 e. The molecule has 0 aromatic heterocycles. The maximum absolute atomic E-state index is 12.1. The Labute approximate surface area is 128 Å². The molecule has 0 radical (unpaired) electrons. The molecule has 0 aliphatic carbocycles. The van der Waals surface area contributed by atoms with Gasteiger partial charge in [0.2, 0.25) is 10.0 Å². The van der Waals surface area contributed by atoms with Crippen LogP contribution in [0.15, 0.2) is 64.0 Å². The van der Waals surface area contributed by atoms with Gasteiger partial charge < -0.3 is 0 Å². The number of sulfonamides is 1. The van der Waals surface area contributed by atoms with Crippen LogP contribution in [0, 0.1) is 0 Å². The molecular formula is C15H16BrNO2S. The van der Waals surface area contributed by atoms with Gasteiger partial charge in [-0.1, -0.05) is 42.5 Å². The monoisotopic (exact) mass is 353 g/mol. The average molecular weight is 354 g/mol. The highest BCUT2D eigenvalue weighted by Gasteiger charge is 2.15. The van der Waals surface area contributed by atoms with Crippen molar-refractivity contribution in [2.45, 2.75) is 17.7 Å². The highest BCUT2D eigenvalue weighted by Crippen LogP contribution is 2.20. The minimum absolute atomic E-state index is 0.278. The van der Waals surface area contributed by atoms with Gasteiger partial charge in [-0.25, -0.2) is 13.1 Å². The van der Waals surface area contributed by atoms with Crippen LogP contribution in [0.5, 0.6) is 0 Å². The third-order valence-electron chi connectivity index (χ3n) is 2.90. The van der Waals surface area contributed by atoms with Crippen LogP contribution in [0.2, 0.25) is 0 Å². The summed E-state index contributed by atoms with van der Waals surface area (Å²) in [6.45, 7) is 0.429. The molecule has 106 valence electrons. The highest BCUT2D eigenvalue weighted by atomic mass is 79.9. The summed E-state index contributed by atoms with van der Waals surface area (Å²) in [5, 5.41) is 0. The Morgan fingerprint density at radius 3 is 2.30 bits per heavy atom. The average Bonchev–Trinajstić information content (AvgIpc) is 2.45. The third-order valence-corrected chi connectivity index (χ3v) is 5.38. The van der Waals surface area contributed by atoms with Gasteiger partial charge in [0.1, 0.15) is 0 Å². The van der Waals surface area contributed by atoms with Crippen LogP contribution in [-0.4, -0.2) is 15.0 Å². The lowest BCUT2D eigenvalue weighted by atomic mass is 10.1. The summed E-state index contributed by atoms with van der Waals surface area (Å²) in [4.78, 5) is 0.278. The Morgan fingerprint density at radius 2 is 1.60 bits per heavy atom. The van der Waals surface area contributed by atoms with Crippen LogP contribution in [0.4, 0.5) is 0 Å². The zero-order chi connectivity index (χ0) is 14.4. The quantitative estimate of drug-likeness (QED) is 0.809. The molecule has 0 unspecified atom stereocenters. The Balaban J connectivity index is 1.89. The molecule has 2 aromatic rings. The normalized spacial score (nSPS) is 11.4. The van der Waals surface area contributed by atoms with Crippen molar-refractivity contribution in [2.24, 2.45) is 0 Å². The van der Waals surface area contributed by atoms with E-state index in [1.807, 2.05) is 30.3 Å². The Hall–Kier alpha value is -1.17. The van der Waals surface area contributed by atoms with E-state index in [-0.39, 0.29) is 4.90 Å². The molecule has 0 heterocycles. The molecule has 0 aliphatic heterocycles. The van der Waals surface area contributed by atoms with Crippen molar-refractivity contribution in [3.8, 4) is 0 Å². The molecule has 1 N–H and O–H groups in total. The summed E-state index contributed by atoms with van der Waals surface area (Å²) >= 11 is 3.26. The second-order valence-corrected chi connectivity index (χ2v) is 7.01. The number of hydrogen-bond donors (Lipinski definition) is 1. The van der Waals surface area contributed by atoms with Crippen molar-refractivity contribution in [3.05, 3.63) is 64.6 Å². The number of halogens is 1. The van der Waals surface area contributed by atoms with Crippen molar-refractivity contribution in [1.82, 2.24) is 4.72 Å². The molecule has 2 aromatic carbocycles. The van der Waals surface area contributed by atoms with E-state index < -0.39 is 10.0 Å². The molecule has 3 nitrogen and oxygen atoms in total. The zero-order valence-electron chi connectivity index (χ0n) is 10.9. The molecule has 0 atom stereocenters. The minimum Gasteiger partial charge on any atom is -0.211 e. The van der Waals surface area contributed by atoms with Gasteiger partial charge in [-0.2, -0.15) is 0 Å². The van der Waals surface area contributed by atoms with E-state index in [0.717, 1.165) is 12.8 Å². The first-order valence-corrected chi connectivity index (χ1v) is 8.65. The second-order valence-electron chi connectivity index (χ2n) is 4.42. The van der Waals surface area contributed by atoms with E-state index >= 15 is 0 Å². The van der Waals surface area contributed by atoms with E-state index in [1.54, 1.807) is 24.3 Å². The number of benzene rings is 2. The first-order chi connectivity index (χ1) is 9.59. The second kappa shape index (κ2) is 7.02. The fraction of sp³-hybridized carbons (Fsp3) is 0.200. The number of aryl methyl sites for hydroxylation is 1. The molecule has 0 aliphatic rings. The van der Waals surface area contributed by atoms with Gasteiger partial charge in [-0.3, -0.25) is 0 Å². The summed E-state index contributed by atoms with van der Waals surface area (Å²) < 4.78 is 27.5. The summed E-state index contributed by atoms with van der Waals surface area (Å²) in [5.74, 6) is 0. The molecule has 0 saturated carbocycles. The maximum Gasteiger partial charge on any atom is 0.241 e. The fourth-order valence-electron chi connectivity index (χ4n) is 1.88. The van der Waals surface area contributed by atoms with E-state index in [1.165, 1.54) is 5.56 Å². The van der Waals surface area contributed by atoms with E-state index in [0.29, 0.717) is 11.0 Å². The summed E-state index contributed by atoms with van der Waals surface area (Å²) in [7, 11) is -3.44. The molecular weight excluding hydrogens is 338 g/mol. The first kappa shape index (κ1) is 15.2. The highest BCUT2D eigenvalue weighted by molar-refractivity contribution is 9.10. The van der Waals surface area contributed by atoms with Crippen LogP contribution in [0.25, 0.3) is 0 Å². The molecule has 5 heteroatoms. The number of hydrogen-bond acceptors (Lipinski definition) is 2. The van der Waals surface area contributed by atoms with Crippen molar-refractivity contribution in [1.29, 1.82) is 0 Å². The van der Waals surface area contributed by atoms with Crippen LogP contribution >= 0.6 is 15.9 Å². The van der Waals surface area contributed by atoms with E-state index in [2.05, 4.69) is 20.7 Å². The Kier molecular flexibility index (Phi) is 5.34. The number of rotatable bonds is 6. The molecule has 0 bridgehead atoms. The summed E-state index contributed by atoms with van der Waals surface area (Å²) in [6, 6.07) is 16.8. The van der Waals surface area contributed by atoms with Gasteiger partial charge in [-0.15, -0.1) is 0 Å². The predicted molar refractivity (Wildman–Crippen MR) is 84.1 cm³/mol. The molecule has 0 amide bonds. The molecule has 0 fully saturated rings. The van der Waals surface area contributed by atoms with Gasteiger partial charge >= 0.3 is 0 Å². The third kappa shape index (κ3) is 4.16.